The van der Waals surface area contributed by atoms with E-state index in [0.717, 1.165) is 18.6 Å². The van der Waals surface area contributed by atoms with E-state index in [2.05, 4.69) is 5.16 Å². The van der Waals surface area contributed by atoms with Gasteiger partial charge in [-0.3, -0.25) is 0 Å². The fraction of sp³-hybridized carbons (Fsp3) is 0.417. The van der Waals surface area contributed by atoms with Crippen LogP contribution in [0, 0.1) is 6.92 Å². The van der Waals surface area contributed by atoms with Crippen LogP contribution < -0.4 is 10.5 Å². The first-order valence-corrected chi connectivity index (χ1v) is 5.53. The van der Waals surface area contributed by atoms with E-state index in [1.54, 1.807) is 6.07 Å². The molecule has 0 aliphatic carbocycles. The summed E-state index contributed by atoms with van der Waals surface area (Å²) in [6.07, 6.45) is 0.908. The summed E-state index contributed by atoms with van der Waals surface area (Å²) in [6, 6.07) is 5.56. The zero-order valence-electron chi connectivity index (χ0n) is 9.72. The second-order valence-corrected chi connectivity index (χ2v) is 4.09. The number of nitrogens with two attached hydrogens (primary N) is 1. The van der Waals surface area contributed by atoms with Crippen molar-refractivity contribution in [3.8, 4) is 5.75 Å². The number of amidine groups is 1. The van der Waals surface area contributed by atoms with Gasteiger partial charge in [-0.15, -0.1) is 0 Å². The summed E-state index contributed by atoms with van der Waals surface area (Å²) in [5, 5.41) is 11.7. The summed E-state index contributed by atoms with van der Waals surface area (Å²) in [5.74, 6) is 0.690. The molecule has 17 heavy (non-hydrogen) atoms. The molecule has 0 bridgehead atoms. The smallest absolute Gasteiger partial charge is 0.173 e. The van der Waals surface area contributed by atoms with Crippen molar-refractivity contribution in [2.24, 2.45) is 10.9 Å². The number of benzene rings is 1. The number of hydrogen-bond acceptors (Lipinski definition) is 4. The Morgan fingerprint density at radius 3 is 3.06 bits per heavy atom. The van der Waals surface area contributed by atoms with Crippen molar-refractivity contribution in [2.45, 2.75) is 19.4 Å². The lowest BCUT2D eigenvalue weighted by Crippen LogP contribution is -2.20. The van der Waals surface area contributed by atoms with Crippen LogP contribution in [0.4, 0.5) is 0 Å². The predicted octanol–water partition coefficient (Wildman–Crippen LogP) is 1.26. The molecular weight excluding hydrogens is 220 g/mol. The minimum absolute atomic E-state index is 0.0436. The molecule has 0 aromatic heterocycles. The highest BCUT2D eigenvalue weighted by Crippen LogP contribution is 2.23. The molecule has 3 N–H and O–H groups in total. The van der Waals surface area contributed by atoms with E-state index in [-0.39, 0.29) is 11.9 Å². The van der Waals surface area contributed by atoms with Gasteiger partial charge >= 0.3 is 0 Å². The Hall–Kier alpha value is -1.75. The number of hydrogen-bond donors (Lipinski definition) is 2. The highest BCUT2D eigenvalue weighted by atomic mass is 16.5. The quantitative estimate of drug-likeness (QED) is 0.358. The van der Waals surface area contributed by atoms with Crippen LogP contribution in [0.2, 0.25) is 0 Å². The first kappa shape index (κ1) is 11.7. The van der Waals surface area contributed by atoms with Crippen LogP contribution in [0.15, 0.2) is 23.4 Å². The van der Waals surface area contributed by atoms with Crippen molar-refractivity contribution in [1.82, 2.24) is 0 Å². The van der Waals surface area contributed by atoms with Crippen molar-refractivity contribution >= 4 is 5.84 Å². The highest BCUT2D eigenvalue weighted by Gasteiger charge is 2.19. The molecule has 0 amide bonds. The van der Waals surface area contributed by atoms with E-state index in [9.17, 15) is 0 Å². The lowest BCUT2D eigenvalue weighted by Gasteiger charge is -2.15. The average Bonchev–Trinajstić information content (AvgIpc) is 2.81. The van der Waals surface area contributed by atoms with E-state index in [1.807, 2.05) is 19.1 Å². The number of oxime groups is 1. The van der Waals surface area contributed by atoms with Crippen molar-refractivity contribution < 1.29 is 14.7 Å². The Morgan fingerprint density at radius 2 is 2.41 bits per heavy atom. The lowest BCUT2D eigenvalue weighted by atomic mass is 10.1. The monoisotopic (exact) mass is 236 g/mol. The molecule has 5 nitrogen and oxygen atoms in total. The van der Waals surface area contributed by atoms with Gasteiger partial charge in [0.05, 0.1) is 18.8 Å². The molecule has 1 atom stereocenters. The molecule has 0 radical (unpaired) electrons. The van der Waals surface area contributed by atoms with E-state index in [4.69, 9.17) is 20.4 Å². The topological polar surface area (TPSA) is 77.1 Å². The maximum absolute atomic E-state index is 8.73. The van der Waals surface area contributed by atoms with Crippen molar-refractivity contribution in [3.63, 3.8) is 0 Å². The Kier molecular flexibility index (Phi) is 3.49. The molecule has 2 rings (SSSR count). The van der Waals surface area contributed by atoms with Gasteiger partial charge in [-0.05, 0) is 24.6 Å². The van der Waals surface area contributed by atoms with Gasteiger partial charge in [0.25, 0.3) is 0 Å². The van der Waals surface area contributed by atoms with E-state index in [1.165, 1.54) is 0 Å². The molecule has 1 heterocycles. The van der Waals surface area contributed by atoms with Gasteiger partial charge in [0.1, 0.15) is 11.9 Å². The molecule has 1 saturated heterocycles. The second kappa shape index (κ2) is 5.05. The summed E-state index contributed by atoms with van der Waals surface area (Å²) >= 11 is 0. The first-order valence-electron chi connectivity index (χ1n) is 5.53. The molecule has 0 saturated carbocycles. The minimum Gasteiger partial charge on any atom is -0.487 e. The van der Waals surface area contributed by atoms with Crippen molar-refractivity contribution in [1.29, 1.82) is 0 Å². The van der Waals surface area contributed by atoms with E-state index in [0.29, 0.717) is 17.9 Å². The summed E-state index contributed by atoms with van der Waals surface area (Å²) < 4.78 is 11.1. The molecule has 1 unspecified atom stereocenters. The summed E-state index contributed by atoms with van der Waals surface area (Å²) in [7, 11) is 0. The fourth-order valence-corrected chi connectivity index (χ4v) is 1.78. The van der Waals surface area contributed by atoms with Crippen LogP contribution in [-0.4, -0.2) is 30.4 Å². The van der Waals surface area contributed by atoms with Crippen molar-refractivity contribution in [3.05, 3.63) is 29.3 Å². The van der Waals surface area contributed by atoms with E-state index >= 15 is 0 Å². The van der Waals surface area contributed by atoms with Gasteiger partial charge in [0.2, 0.25) is 0 Å². The number of nitrogens with zero attached hydrogens (tertiary/aromatic N) is 1. The van der Waals surface area contributed by atoms with Crippen LogP contribution in [0.1, 0.15) is 17.5 Å². The zero-order chi connectivity index (χ0) is 12.3. The Balaban J connectivity index is 2.26. The third kappa shape index (κ3) is 2.68. The zero-order valence-corrected chi connectivity index (χ0v) is 9.72. The van der Waals surface area contributed by atoms with Gasteiger partial charge in [-0.1, -0.05) is 11.2 Å². The Labute approximate surface area is 99.8 Å². The molecule has 1 fully saturated rings. The summed E-state index contributed by atoms with van der Waals surface area (Å²) in [6.45, 7) is 3.27. The van der Waals surface area contributed by atoms with Crippen LogP contribution in [0.25, 0.3) is 0 Å². The Morgan fingerprint density at radius 1 is 1.59 bits per heavy atom. The number of ether oxygens (including phenoxy) is 2. The second-order valence-electron chi connectivity index (χ2n) is 4.09. The summed E-state index contributed by atoms with van der Waals surface area (Å²) in [5.41, 5.74) is 7.27. The van der Waals surface area contributed by atoms with Gasteiger partial charge in [0.15, 0.2) is 5.84 Å². The van der Waals surface area contributed by atoms with Crippen LogP contribution in [0.3, 0.4) is 0 Å². The van der Waals surface area contributed by atoms with Gasteiger partial charge in [-0.25, -0.2) is 0 Å². The molecule has 1 aliphatic heterocycles. The molecular formula is C12H16N2O3. The summed E-state index contributed by atoms with van der Waals surface area (Å²) in [4.78, 5) is 0. The third-order valence-corrected chi connectivity index (χ3v) is 2.70. The van der Waals surface area contributed by atoms with Gasteiger partial charge in [-0.2, -0.15) is 0 Å². The number of rotatable bonds is 3. The molecule has 1 aromatic rings. The average molecular weight is 236 g/mol. The molecule has 0 spiro atoms. The van der Waals surface area contributed by atoms with Crippen LogP contribution in [-0.2, 0) is 4.74 Å². The number of aryl methyl sites for hydroxylation is 1. The molecule has 1 aliphatic rings. The normalized spacial score (nSPS) is 20.5. The lowest BCUT2D eigenvalue weighted by molar-refractivity contribution is 0.141. The third-order valence-electron chi connectivity index (χ3n) is 2.70. The maximum Gasteiger partial charge on any atom is 0.173 e. The standard InChI is InChI=1S/C12H16N2O3/c1-8-2-3-10(12(13)14-15)11(6-8)17-9-4-5-16-7-9/h2-3,6,9,15H,4-5,7H2,1H3,(H2,13,14). The maximum atomic E-state index is 8.73. The SMILES string of the molecule is Cc1ccc(C(N)=NO)c(OC2CCOC2)c1. The first-order chi connectivity index (χ1) is 8.20. The van der Waals surface area contributed by atoms with Crippen LogP contribution >= 0.6 is 0 Å². The fourth-order valence-electron chi connectivity index (χ4n) is 1.78. The molecule has 5 heteroatoms. The highest BCUT2D eigenvalue weighted by molar-refractivity contribution is 5.99. The molecule has 92 valence electrons. The predicted molar refractivity (Wildman–Crippen MR) is 63.5 cm³/mol. The Bertz CT molecular complexity index is 426. The van der Waals surface area contributed by atoms with E-state index < -0.39 is 0 Å². The van der Waals surface area contributed by atoms with Crippen LogP contribution in [0.5, 0.6) is 5.75 Å². The molecule has 1 aromatic carbocycles. The van der Waals surface area contributed by atoms with Gasteiger partial charge in [0, 0.05) is 6.42 Å². The van der Waals surface area contributed by atoms with Crippen molar-refractivity contribution in [2.75, 3.05) is 13.2 Å². The largest absolute Gasteiger partial charge is 0.487 e. The van der Waals surface area contributed by atoms with Gasteiger partial charge < -0.3 is 20.4 Å². The minimum atomic E-state index is 0.0436.